The summed E-state index contributed by atoms with van der Waals surface area (Å²) in [4.78, 5) is 37.7. The van der Waals surface area contributed by atoms with Crippen LogP contribution in [0.2, 0.25) is 0 Å². The van der Waals surface area contributed by atoms with Gasteiger partial charge in [-0.3, -0.25) is 9.59 Å². The molecule has 0 radical (unpaired) electrons. The number of ether oxygens (including phenoxy) is 4. The van der Waals surface area contributed by atoms with Gasteiger partial charge in [-0.05, 0) is 77.0 Å². The highest BCUT2D eigenvalue weighted by Gasteiger charge is 2.25. The van der Waals surface area contributed by atoms with E-state index in [1.165, 1.54) is 244 Å². The summed E-state index contributed by atoms with van der Waals surface area (Å²) in [5.74, 6) is -2.00. The maximum absolute atomic E-state index is 13.0. The smallest absolute Gasteiger partial charge is 0.361 e. The van der Waals surface area contributed by atoms with E-state index in [1.807, 2.05) is 21.1 Å². The minimum Gasteiger partial charge on any atom is -0.477 e. The van der Waals surface area contributed by atoms with Crippen LogP contribution in [0, 0.1) is 0 Å². The molecule has 0 aromatic heterocycles. The third-order valence-electron chi connectivity index (χ3n) is 17.9. The Morgan fingerprint density at radius 2 is 0.600 bits per heavy atom. The van der Waals surface area contributed by atoms with E-state index in [4.69, 9.17) is 18.9 Å². The maximum Gasteiger partial charge on any atom is 0.361 e. The lowest BCUT2D eigenvalue weighted by atomic mass is 10.0. The second-order valence-corrected chi connectivity index (χ2v) is 28.4. The first-order chi connectivity index (χ1) is 46.6. The molecule has 550 valence electrons. The number of carbonyl (C=O) groups is 3. The van der Waals surface area contributed by atoms with Crippen LogP contribution in [-0.4, -0.2) is 87.4 Å². The summed E-state index contributed by atoms with van der Waals surface area (Å²) in [6.07, 6.45) is 103. The first-order valence-electron chi connectivity index (χ1n) is 40.4. The van der Waals surface area contributed by atoms with Gasteiger partial charge in [0.05, 0.1) is 34.4 Å². The van der Waals surface area contributed by atoms with Crippen molar-refractivity contribution >= 4 is 17.9 Å². The number of unbranched alkanes of at least 4 members (excludes halogenated alkanes) is 44. The molecule has 0 spiro atoms. The van der Waals surface area contributed by atoms with Gasteiger partial charge >= 0.3 is 17.9 Å². The van der Waals surface area contributed by atoms with Crippen molar-refractivity contribution in [2.75, 3.05) is 47.5 Å². The minimum absolute atomic E-state index is 0.184. The molecule has 0 aromatic carbocycles. The van der Waals surface area contributed by atoms with Gasteiger partial charge in [0.2, 0.25) is 0 Å². The Bertz CT molecular complexity index is 1890. The summed E-state index contributed by atoms with van der Waals surface area (Å²) in [6, 6.07) is 0. The molecule has 9 heteroatoms. The highest BCUT2D eigenvalue weighted by atomic mass is 16.7. The van der Waals surface area contributed by atoms with Gasteiger partial charge in [0.15, 0.2) is 6.10 Å². The van der Waals surface area contributed by atoms with Crippen molar-refractivity contribution < 1.29 is 42.9 Å². The number of allylic oxidation sites excluding steroid dienone is 16. The molecule has 0 aliphatic heterocycles. The van der Waals surface area contributed by atoms with Crippen LogP contribution in [-0.2, 0) is 33.3 Å². The summed E-state index contributed by atoms with van der Waals surface area (Å²) in [5.41, 5.74) is 0. The van der Waals surface area contributed by atoms with Gasteiger partial charge in [0, 0.05) is 12.8 Å². The van der Waals surface area contributed by atoms with Crippen LogP contribution in [0.5, 0.6) is 0 Å². The average molecular weight is 1330 g/mol. The predicted octanol–water partition coefficient (Wildman–Crippen LogP) is 25.9. The molecule has 95 heavy (non-hydrogen) atoms. The van der Waals surface area contributed by atoms with Crippen molar-refractivity contribution in [3.05, 3.63) is 97.2 Å². The van der Waals surface area contributed by atoms with Crippen molar-refractivity contribution in [3.8, 4) is 0 Å². The van der Waals surface area contributed by atoms with Gasteiger partial charge in [-0.25, -0.2) is 4.79 Å². The van der Waals surface area contributed by atoms with E-state index in [1.54, 1.807) is 0 Å². The van der Waals surface area contributed by atoms with Crippen molar-refractivity contribution in [3.63, 3.8) is 0 Å². The predicted molar refractivity (Wildman–Crippen MR) is 410 cm³/mol. The fourth-order valence-electron chi connectivity index (χ4n) is 11.7. The van der Waals surface area contributed by atoms with Crippen LogP contribution in [0.25, 0.3) is 0 Å². The Balaban J connectivity index is 4.04. The number of hydrogen-bond donors (Lipinski definition) is 1. The Morgan fingerprint density at radius 3 is 0.895 bits per heavy atom. The summed E-state index contributed by atoms with van der Waals surface area (Å²) < 4.78 is 23.0. The zero-order chi connectivity index (χ0) is 69.0. The summed E-state index contributed by atoms with van der Waals surface area (Å²) in [7, 11) is 5.99. The second-order valence-electron chi connectivity index (χ2n) is 28.4. The molecule has 0 saturated carbocycles. The van der Waals surface area contributed by atoms with Crippen molar-refractivity contribution in [2.45, 2.75) is 386 Å². The van der Waals surface area contributed by atoms with Crippen LogP contribution in [0.1, 0.15) is 373 Å². The van der Waals surface area contributed by atoms with Crippen molar-refractivity contribution in [1.29, 1.82) is 0 Å². The molecular formula is C86H154NO8+. The lowest BCUT2D eigenvalue weighted by Crippen LogP contribution is -2.40. The second kappa shape index (κ2) is 76.0. The molecule has 2 unspecified atom stereocenters. The molecule has 0 bridgehead atoms. The molecule has 0 aromatic rings. The maximum atomic E-state index is 13.0. The molecule has 0 heterocycles. The zero-order valence-electron chi connectivity index (χ0n) is 63.1. The lowest BCUT2D eigenvalue weighted by molar-refractivity contribution is -0.870. The number of aliphatic carboxylic acids is 1. The zero-order valence-corrected chi connectivity index (χ0v) is 63.1. The van der Waals surface area contributed by atoms with Gasteiger partial charge in [-0.2, -0.15) is 0 Å². The fourth-order valence-corrected chi connectivity index (χ4v) is 11.7. The van der Waals surface area contributed by atoms with Gasteiger partial charge in [-0.15, -0.1) is 0 Å². The van der Waals surface area contributed by atoms with Gasteiger partial charge in [0.1, 0.15) is 13.2 Å². The molecule has 0 saturated heterocycles. The number of carbonyl (C=O) groups excluding carboxylic acids is 2. The Hall–Kier alpha value is -3.79. The van der Waals surface area contributed by atoms with Crippen LogP contribution in [0.15, 0.2) is 97.2 Å². The van der Waals surface area contributed by atoms with Crippen LogP contribution in [0.4, 0.5) is 0 Å². The summed E-state index contributed by atoms with van der Waals surface area (Å²) in [5, 5.41) is 9.77. The van der Waals surface area contributed by atoms with E-state index in [2.05, 4.69) is 111 Å². The van der Waals surface area contributed by atoms with Crippen LogP contribution >= 0.6 is 0 Å². The number of rotatable bonds is 75. The number of nitrogens with zero attached hydrogens (tertiary/aromatic N) is 1. The molecule has 0 rings (SSSR count). The first kappa shape index (κ1) is 91.2. The number of carboxylic acid groups (broad SMARTS) is 1. The number of quaternary nitrogens is 1. The van der Waals surface area contributed by atoms with Gasteiger partial charge in [-0.1, -0.05) is 381 Å². The number of esters is 2. The van der Waals surface area contributed by atoms with E-state index in [-0.39, 0.29) is 32.2 Å². The van der Waals surface area contributed by atoms with E-state index >= 15 is 0 Å². The normalized spacial score (nSPS) is 13.1. The third-order valence-corrected chi connectivity index (χ3v) is 17.9. The standard InChI is InChI=1S/C86H153NO8/c1-6-8-10-12-14-16-18-20-22-24-26-28-30-32-34-36-38-40-42-44-46-48-50-52-54-56-58-60-62-64-66-68-70-72-74-76-83(88)93-80-82(81-94-86(85(90)91)92-79-78-87(3,4)5)95-84(89)77-75-73-71-69-67-65-63-61-59-57-55-53-51-49-47-45-43-41-39-37-35-33-31-29-27-25-23-21-19-17-15-13-11-9-7-2/h9,11,15,17,21,23,27,29,33,35,39,41,45,47,51,53,82,86H,6-8,10,12-14,16,18-20,22,24-26,28,30-32,34,36-38,40,42-44,46,48-50,52,54-81H2,1-5H3/p+1/b11-9-,17-15-,23-21-,29-27-,35-33-,41-39-,47-45-,53-51-. The molecular weight excluding hydrogens is 1170 g/mol. The summed E-state index contributed by atoms with van der Waals surface area (Å²) >= 11 is 0. The number of likely N-dealkylation sites (N-methyl/N-ethyl adjacent to an activating group) is 1. The Labute approximate surface area is 588 Å². The number of hydrogen-bond acceptors (Lipinski definition) is 7. The molecule has 9 nitrogen and oxygen atoms in total. The fraction of sp³-hybridized carbons (Fsp3) is 0.779. The minimum atomic E-state index is -1.52. The lowest BCUT2D eigenvalue weighted by Gasteiger charge is -2.25. The monoisotopic (exact) mass is 1330 g/mol. The van der Waals surface area contributed by atoms with E-state index < -0.39 is 24.3 Å². The van der Waals surface area contributed by atoms with E-state index in [9.17, 15) is 19.5 Å². The largest absolute Gasteiger partial charge is 0.477 e. The Morgan fingerprint density at radius 1 is 0.326 bits per heavy atom. The highest BCUT2D eigenvalue weighted by Crippen LogP contribution is 2.19. The van der Waals surface area contributed by atoms with Gasteiger partial charge < -0.3 is 28.5 Å². The van der Waals surface area contributed by atoms with Gasteiger partial charge in [0.25, 0.3) is 6.29 Å². The Kier molecular flexibility index (Phi) is 72.9. The summed E-state index contributed by atoms with van der Waals surface area (Å²) in [6.45, 7) is 4.81. The van der Waals surface area contributed by atoms with Crippen molar-refractivity contribution in [2.24, 2.45) is 0 Å². The van der Waals surface area contributed by atoms with E-state index in [0.717, 1.165) is 96.3 Å². The highest BCUT2D eigenvalue weighted by molar-refractivity contribution is 5.71. The molecule has 1 N–H and O–H groups in total. The quantitative estimate of drug-likeness (QED) is 0.0211. The number of carboxylic acids is 1. The third kappa shape index (κ3) is 77.4. The molecule has 2 atom stereocenters. The molecule has 0 aliphatic carbocycles. The SMILES string of the molecule is CC/C=C\C/C=C\C/C=C\C/C=C\C/C=C\C/C=C\C/C=C\C/C=C\CCCCCCCCCCCCC(=O)OC(COC(=O)CCCCCCCCCCCCCCCCCCCCCCCCCCCCCCCCCCCCC)COC(OCC[N+](C)(C)C)C(=O)O. The average Bonchev–Trinajstić information content (AvgIpc) is 3.58. The van der Waals surface area contributed by atoms with Crippen LogP contribution in [0.3, 0.4) is 0 Å². The van der Waals surface area contributed by atoms with Crippen LogP contribution < -0.4 is 0 Å². The molecule has 0 aliphatic rings. The van der Waals surface area contributed by atoms with Crippen molar-refractivity contribution in [1.82, 2.24) is 0 Å². The van der Waals surface area contributed by atoms with E-state index in [0.29, 0.717) is 23.9 Å². The first-order valence-corrected chi connectivity index (χ1v) is 40.4. The topological polar surface area (TPSA) is 108 Å². The molecule has 0 amide bonds. The molecule has 0 fully saturated rings.